The highest BCUT2D eigenvalue weighted by Crippen LogP contribution is 2.21. The van der Waals surface area contributed by atoms with Crippen LogP contribution in [0.3, 0.4) is 0 Å². The first-order valence-corrected chi connectivity index (χ1v) is 12.1. The summed E-state index contributed by atoms with van der Waals surface area (Å²) in [7, 11) is 0. The lowest BCUT2D eigenvalue weighted by molar-refractivity contribution is -0.121. The van der Waals surface area contributed by atoms with Gasteiger partial charge in [-0.2, -0.15) is 5.10 Å². The zero-order valence-electron chi connectivity index (χ0n) is 20.5. The smallest absolute Gasteiger partial charge is 0.220 e. The minimum Gasteiger partial charge on any atom is -0.491 e. The van der Waals surface area contributed by atoms with Crippen molar-refractivity contribution in [3.63, 3.8) is 0 Å². The van der Waals surface area contributed by atoms with Crippen LogP contribution >= 0.6 is 0 Å². The normalized spacial score (nSPS) is 13.5. The predicted octanol–water partition coefficient (Wildman–Crippen LogP) is 3.92. The molecule has 2 aromatic heterocycles. The third kappa shape index (κ3) is 5.73. The number of benzene rings is 1. The molecule has 8 heteroatoms. The van der Waals surface area contributed by atoms with E-state index in [1.54, 1.807) is 0 Å². The summed E-state index contributed by atoms with van der Waals surface area (Å²) in [6.07, 6.45) is 3.59. The maximum absolute atomic E-state index is 12.5. The molecule has 1 aliphatic rings. The van der Waals surface area contributed by atoms with Crippen LogP contribution in [0.2, 0.25) is 0 Å². The molecule has 1 saturated heterocycles. The first-order chi connectivity index (χ1) is 16.4. The Morgan fingerprint density at radius 3 is 2.35 bits per heavy atom. The van der Waals surface area contributed by atoms with Crippen molar-refractivity contribution in [3.8, 4) is 11.6 Å². The SMILES string of the molecule is Cc1nn(-c2ccc(N3CCCC3)nn2)c(C)c1CCC(=O)NCc1ccc(OC(C)C)cc1. The fourth-order valence-electron chi connectivity index (χ4n) is 4.29. The minimum absolute atomic E-state index is 0.0174. The Hall–Kier alpha value is -3.42. The van der Waals surface area contributed by atoms with Gasteiger partial charge in [-0.15, -0.1) is 10.2 Å². The number of ether oxygens (including phenoxy) is 1. The molecule has 34 heavy (non-hydrogen) atoms. The highest BCUT2D eigenvalue weighted by Gasteiger charge is 2.17. The molecule has 3 aromatic rings. The lowest BCUT2D eigenvalue weighted by Gasteiger charge is -2.15. The average Bonchev–Trinajstić information content (AvgIpc) is 3.46. The molecule has 1 amide bonds. The second-order valence-corrected chi connectivity index (χ2v) is 9.09. The van der Waals surface area contributed by atoms with Gasteiger partial charge in [-0.25, -0.2) is 4.68 Å². The van der Waals surface area contributed by atoms with Crippen LogP contribution < -0.4 is 15.0 Å². The van der Waals surface area contributed by atoms with E-state index in [-0.39, 0.29) is 12.0 Å². The van der Waals surface area contributed by atoms with E-state index in [9.17, 15) is 4.79 Å². The molecule has 1 N–H and O–H groups in total. The Labute approximate surface area is 201 Å². The molecule has 3 heterocycles. The van der Waals surface area contributed by atoms with Crippen LogP contribution in [0.1, 0.15) is 55.6 Å². The number of nitrogens with zero attached hydrogens (tertiary/aromatic N) is 5. The summed E-state index contributed by atoms with van der Waals surface area (Å²) >= 11 is 0. The third-order valence-corrected chi connectivity index (χ3v) is 6.11. The van der Waals surface area contributed by atoms with Gasteiger partial charge in [-0.1, -0.05) is 12.1 Å². The number of carbonyl (C=O) groups is 1. The number of hydrogen-bond donors (Lipinski definition) is 1. The number of anilines is 1. The van der Waals surface area contributed by atoms with Crippen LogP contribution in [0.25, 0.3) is 5.82 Å². The molecule has 1 fully saturated rings. The number of carbonyl (C=O) groups excluding carboxylic acids is 1. The maximum Gasteiger partial charge on any atom is 0.220 e. The number of rotatable bonds is 9. The lowest BCUT2D eigenvalue weighted by Crippen LogP contribution is -2.23. The zero-order valence-corrected chi connectivity index (χ0v) is 20.5. The molecule has 0 saturated carbocycles. The second kappa shape index (κ2) is 10.7. The Kier molecular flexibility index (Phi) is 7.45. The molecule has 1 aromatic carbocycles. The van der Waals surface area contributed by atoms with E-state index in [4.69, 9.17) is 4.74 Å². The monoisotopic (exact) mass is 462 g/mol. The summed E-state index contributed by atoms with van der Waals surface area (Å²) in [5.41, 5.74) is 4.03. The highest BCUT2D eigenvalue weighted by atomic mass is 16.5. The van der Waals surface area contributed by atoms with Crippen LogP contribution in [0.4, 0.5) is 5.82 Å². The largest absolute Gasteiger partial charge is 0.491 e. The van der Waals surface area contributed by atoms with Gasteiger partial charge < -0.3 is 15.0 Å². The summed E-state index contributed by atoms with van der Waals surface area (Å²) in [6, 6.07) is 11.8. The minimum atomic E-state index is 0.0174. The maximum atomic E-state index is 12.5. The molecule has 0 atom stereocenters. The number of aromatic nitrogens is 4. The van der Waals surface area contributed by atoms with Crippen LogP contribution in [0.5, 0.6) is 5.75 Å². The van der Waals surface area contributed by atoms with Crippen molar-refractivity contribution in [3.05, 3.63) is 58.9 Å². The van der Waals surface area contributed by atoms with Gasteiger partial charge in [-0.05, 0) is 82.3 Å². The number of aryl methyl sites for hydroxylation is 1. The van der Waals surface area contributed by atoms with E-state index < -0.39 is 0 Å². The first-order valence-electron chi connectivity index (χ1n) is 12.1. The topological polar surface area (TPSA) is 85.2 Å². The standard InChI is InChI=1S/C26H34N6O2/c1-18(2)34-22-9-7-21(8-10-22)17-27-26(33)14-11-23-19(3)30-32(20(23)4)25-13-12-24(28-29-25)31-15-5-6-16-31/h7-10,12-13,18H,5-6,11,14-17H2,1-4H3,(H,27,33). The van der Waals surface area contributed by atoms with E-state index in [0.29, 0.717) is 25.2 Å². The lowest BCUT2D eigenvalue weighted by atomic mass is 10.1. The number of amides is 1. The molecule has 4 rings (SSSR count). The molecule has 0 bridgehead atoms. The van der Waals surface area contributed by atoms with Crippen LogP contribution in [-0.4, -0.2) is 45.1 Å². The van der Waals surface area contributed by atoms with Gasteiger partial charge in [0.1, 0.15) is 5.75 Å². The van der Waals surface area contributed by atoms with Crippen molar-refractivity contribution in [2.75, 3.05) is 18.0 Å². The van der Waals surface area contributed by atoms with E-state index >= 15 is 0 Å². The van der Waals surface area contributed by atoms with Crippen molar-refractivity contribution in [2.45, 2.75) is 66.0 Å². The Morgan fingerprint density at radius 2 is 1.71 bits per heavy atom. The third-order valence-electron chi connectivity index (χ3n) is 6.11. The summed E-state index contributed by atoms with van der Waals surface area (Å²) < 4.78 is 7.49. The van der Waals surface area contributed by atoms with Gasteiger partial charge in [0.25, 0.3) is 0 Å². The van der Waals surface area contributed by atoms with E-state index in [0.717, 1.165) is 47.2 Å². The molecule has 0 aliphatic carbocycles. The fraction of sp³-hybridized carbons (Fsp3) is 0.462. The van der Waals surface area contributed by atoms with Gasteiger partial charge in [-0.3, -0.25) is 4.79 Å². The average molecular weight is 463 g/mol. The highest BCUT2D eigenvalue weighted by molar-refractivity contribution is 5.76. The van der Waals surface area contributed by atoms with Gasteiger partial charge in [0, 0.05) is 31.7 Å². The second-order valence-electron chi connectivity index (χ2n) is 9.09. The fourth-order valence-corrected chi connectivity index (χ4v) is 4.29. The molecule has 0 unspecified atom stereocenters. The molecule has 0 spiro atoms. The van der Waals surface area contributed by atoms with Gasteiger partial charge in [0.2, 0.25) is 5.91 Å². The molecule has 1 aliphatic heterocycles. The van der Waals surface area contributed by atoms with Crippen LogP contribution in [-0.2, 0) is 17.8 Å². The van der Waals surface area contributed by atoms with Crippen LogP contribution in [0, 0.1) is 13.8 Å². The number of hydrogen-bond acceptors (Lipinski definition) is 6. The van der Waals surface area contributed by atoms with Gasteiger partial charge >= 0.3 is 0 Å². The van der Waals surface area contributed by atoms with Gasteiger partial charge in [0.05, 0.1) is 11.8 Å². The van der Waals surface area contributed by atoms with E-state index in [1.807, 2.05) is 68.8 Å². The van der Waals surface area contributed by atoms with Crippen molar-refractivity contribution in [1.82, 2.24) is 25.3 Å². The Bertz CT molecular complexity index is 1100. The molecular formula is C26H34N6O2. The summed E-state index contributed by atoms with van der Waals surface area (Å²) in [5, 5.41) is 16.5. The predicted molar refractivity (Wildman–Crippen MR) is 132 cm³/mol. The van der Waals surface area contributed by atoms with Gasteiger partial charge in [0.15, 0.2) is 11.6 Å². The molecular weight excluding hydrogens is 428 g/mol. The van der Waals surface area contributed by atoms with Crippen molar-refractivity contribution in [1.29, 1.82) is 0 Å². The summed E-state index contributed by atoms with van der Waals surface area (Å²) in [4.78, 5) is 14.7. The summed E-state index contributed by atoms with van der Waals surface area (Å²) in [6.45, 7) is 10.6. The Morgan fingerprint density at radius 1 is 1.03 bits per heavy atom. The molecule has 180 valence electrons. The van der Waals surface area contributed by atoms with Crippen molar-refractivity contribution < 1.29 is 9.53 Å². The quantitative estimate of drug-likeness (QED) is 0.519. The van der Waals surface area contributed by atoms with E-state index in [2.05, 4.69) is 25.5 Å². The number of nitrogens with one attached hydrogen (secondary N) is 1. The molecule has 8 nitrogen and oxygen atoms in total. The first kappa shape index (κ1) is 23.7. The van der Waals surface area contributed by atoms with Crippen molar-refractivity contribution >= 4 is 11.7 Å². The van der Waals surface area contributed by atoms with Crippen molar-refractivity contribution in [2.24, 2.45) is 0 Å². The Balaban J connectivity index is 1.32. The summed E-state index contributed by atoms with van der Waals surface area (Å²) in [5.74, 6) is 2.47. The zero-order chi connectivity index (χ0) is 24.1. The van der Waals surface area contributed by atoms with Crippen LogP contribution in [0.15, 0.2) is 36.4 Å². The molecule has 0 radical (unpaired) electrons. The van der Waals surface area contributed by atoms with E-state index in [1.165, 1.54) is 12.8 Å².